The van der Waals surface area contributed by atoms with Crippen molar-refractivity contribution in [3.8, 4) is 0 Å². The number of ether oxygens (including phenoxy) is 1. The highest BCUT2D eigenvalue weighted by atomic mass is 35.5. The van der Waals surface area contributed by atoms with Crippen LogP contribution >= 0.6 is 23.2 Å². The van der Waals surface area contributed by atoms with Crippen LogP contribution in [0.25, 0.3) is 0 Å². The Balaban J connectivity index is 0.000000390. The van der Waals surface area contributed by atoms with Crippen molar-refractivity contribution in [2.45, 2.75) is 63.8 Å². The minimum atomic E-state index is -0.0501. The zero-order chi connectivity index (χ0) is 26.1. The van der Waals surface area contributed by atoms with E-state index < -0.39 is 0 Å². The van der Waals surface area contributed by atoms with Gasteiger partial charge >= 0.3 is 0 Å². The number of carbonyl (C=O) groups is 1. The van der Waals surface area contributed by atoms with E-state index in [1.807, 2.05) is 17.9 Å². The molecule has 0 radical (unpaired) electrons. The van der Waals surface area contributed by atoms with Gasteiger partial charge in [-0.15, -0.1) is 0 Å². The maximum atomic E-state index is 13.2. The van der Waals surface area contributed by atoms with Crippen molar-refractivity contribution < 1.29 is 14.6 Å². The SMILES string of the molecule is C1CCOCC1.CO.Cc1c(Nc2ccc(Cl)c(Cl)c2)nc(C2CC2)nc1C(=O)N1CCC(N)CC1. The van der Waals surface area contributed by atoms with Crippen LogP contribution in [0, 0.1) is 6.92 Å². The van der Waals surface area contributed by atoms with Gasteiger partial charge in [-0.1, -0.05) is 23.2 Å². The average molecular weight is 539 g/mol. The number of aromatic nitrogens is 2. The Morgan fingerprint density at radius 2 is 1.72 bits per heavy atom. The molecule has 2 saturated heterocycles. The first-order valence-corrected chi connectivity index (χ1v) is 13.4. The maximum absolute atomic E-state index is 13.2. The molecule has 0 spiro atoms. The van der Waals surface area contributed by atoms with Gasteiger partial charge in [0.2, 0.25) is 0 Å². The molecule has 1 aliphatic carbocycles. The van der Waals surface area contributed by atoms with E-state index in [-0.39, 0.29) is 11.9 Å². The van der Waals surface area contributed by atoms with Gasteiger partial charge in [-0.25, -0.2) is 9.97 Å². The average Bonchev–Trinajstić information content (AvgIpc) is 3.76. The Morgan fingerprint density at radius 3 is 2.25 bits per heavy atom. The zero-order valence-corrected chi connectivity index (χ0v) is 22.6. The molecule has 8 nitrogen and oxygen atoms in total. The van der Waals surface area contributed by atoms with Gasteiger partial charge < -0.3 is 25.8 Å². The van der Waals surface area contributed by atoms with Crippen LogP contribution in [0.5, 0.6) is 0 Å². The van der Waals surface area contributed by atoms with Crippen LogP contribution in [0.3, 0.4) is 0 Å². The van der Waals surface area contributed by atoms with E-state index in [2.05, 4.69) is 10.3 Å². The number of nitrogens with one attached hydrogen (secondary N) is 1. The number of halogens is 2. The predicted molar refractivity (Wildman–Crippen MR) is 144 cm³/mol. The fraction of sp³-hybridized carbons (Fsp3) is 0.577. The molecular formula is C26H37Cl2N5O3. The molecular weight excluding hydrogens is 501 g/mol. The fourth-order valence-electron chi connectivity index (χ4n) is 4.04. The predicted octanol–water partition coefficient (Wildman–Crippen LogP) is 5.07. The van der Waals surface area contributed by atoms with Crippen LogP contribution in [0.1, 0.15) is 72.7 Å². The Morgan fingerprint density at radius 1 is 1.06 bits per heavy atom. The van der Waals surface area contributed by atoms with E-state index in [9.17, 15) is 4.79 Å². The lowest BCUT2D eigenvalue weighted by Crippen LogP contribution is -2.43. The van der Waals surface area contributed by atoms with Gasteiger partial charge in [-0.05, 0) is 70.1 Å². The largest absolute Gasteiger partial charge is 0.400 e. The number of amides is 1. The highest BCUT2D eigenvalue weighted by Crippen LogP contribution is 2.39. The number of piperidine rings is 1. The smallest absolute Gasteiger partial charge is 0.272 e. The first-order chi connectivity index (χ1) is 17.4. The number of benzene rings is 1. The monoisotopic (exact) mass is 537 g/mol. The molecule has 2 aliphatic heterocycles. The van der Waals surface area contributed by atoms with Crippen molar-refractivity contribution in [1.82, 2.24) is 14.9 Å². The number of aliphatic hydroxyl groups is 1. The second kappa shape index (κ2) is 14.1. The summed E-state index contributed by atoms with van der Waals surface area (Å²) in [6.07, 6.45) is 7.68. The minimum absolute atomic E-state index is 0.0501. The fourth-order valence-corrected chi connectivity index (χ4v) is 4.34. The molecule has 1 aromatic heterocycles. The molecule has 3 fully saturated rings. The molecule has 10 heteroatoms. The topological polar surface area (TPSA) is 114 Å². The molecule has 0 bridgehead atoms. The second-order valence-electron chi connectivity index (χ2n) is 9.23. The van der Waals surface area contributed by atoms with Crippen molar-refractivity contribution in [3.63, 3.8) is 0 Å². The van der Waals surface area contributed by atoms with Gasteiger partial charge in [-0.3, -0.25) is 4.79 Å². The van der Waals surface area contributed by atoms with Crippen LogP contribution in [0.4, 0.5) is 11.5 Å². The molecule has 1 amide bonds. The Hall–Kier alpha value is -1.97. The van der Waals surface area contributed by atoms with Crippen molar-refractivity contribution >= 4 is 40.6 Å². The molecule has 3 aliphatic rings. The number of nitrogens with zero attached hydrogens (tertiary/aromatic N) is 3. The zero-order valence-electron chi connectivity index (χ0n) is 21.1. The van der Waals surface area contributed by atoms with Crippen LogP contribution < -0.4 is 11.1 Å². The quantitative estimate of drug-likeness (QED) is 0.498. The molecule has 0 atom stereocenters. The van der Waals surface area contributed by atoms with E-state index in [0.29, 0.717) is 40.6 Å². The third-order valence-electron chi connectivity index (χ3n) is 6.39. The first kappa shape index (κ1) is 28.6. The molecule has 2 aromatic rings. The summed E-state index contributed by atoms with van der Waals surface area (Å²) >= 11 is 12.1. The van der Waals surface area contributed by atoms with Crippen LogP contribution in [-0.2, 0) is 4.74 Å². The molecule has 5 rings (SSSR count). The number of hydrogen-bond donors (Lipinski definition) is 3. The van der Waals surface area contributed by atoms with Gasteiger partial charge in [0.15, 0.2) is 0 Å². The van der Waals surface area contributed by atoms with E-state index in [4.69, 9.17) is 43.8 Å². The number of anilines is 2. The molecule has 3 heterocycles. The van der Waals surface area contributed by atoms with Gasteiger partial charge in [-0.2, -0.15) is 0 Å². The standard InChI is InChI=1S/C20H23Cl2N5O.C5H10O.CH4O/c1-11-17(20(28)27-8-6-13(23)7-9-27)25-19(12-2-3-12)26-18(11)24-14-4-5-15(21)16(22)10-14;1-2-4-6-5-3-1;1-2/h4-5,10,12-13H,2-3,6-9,23H2,1H3,(H,24,25,26);1-5H2;2H,1H3. The summed E-state index contributed by atoms with van der Waals surface area (Å²) in [4.78, 5) is 24.3. The highest BCUT2D eigenvalue weighted by molar-refractivity contribution is 6.42. The number of carbonyl (C=O) groups excluding carboxylic acids is 1. The van der Waals surface area contributed by atoms with Crippen LogP contribution in [-0.4, -0.2) is 65.3 Å². The third kappa shape index (κ3) is 8.02. The van der Waals surface area contributed by atoms with E-state index in [1.54, 1.807) is 12.1 Å². The number of hydrogen-bond acceptors (Lipinski definition) is 7. The van der Waals surface area contributed by atoms with Gasteiger partial charge in [0.25, 0.3) is 5.91 Å². The van der Waals surface area contributed by atoms with E-state index in [1.165, 1.54) is 19.3 Å². The number of nitrogens with two attached hydrogens (primary N) is 1. The summed E-state index contributed by atoms with van der Waals surface area (Å²) < 4.78 is 5.07. The molecule has 4 N–H and O–H groups in total. The normalized spacial score (nSPS) is 17.9. The summed E-state index contributed by atoms with van der Waals surface area (Å²) in [5, 5.41) is 11.2. The number of rotatable bonds is 4. The lowest BCUT2D eigenvalue weighted by molar-refractivity contribution is 0.0707. The molecule has 36 heavy (non-hydrogen) atoms. The first-order valence-electron chi connectivity index (χ1n) is 12.6. The third-order valence-corrected chi connectivity index (χ3v) is 7.13. The lowest BCUT2D eigenvalue weighted by Gasteiger charge is -2.30. The number of likely N-dealkylation sites (tertiary alicyclic amines) is 1. The van der Waals surface area contributed by atoms with Crippen LogP contribution in [0.2, 0.25) is 10.0 Å². The summed E-state index contributed by atoms with van der Waals surface area (Å²) in [6.45, 7) is 5.20. The van der Waals surface area contributed by atoms with Gasteiger partial charge in [0.1, 0.15) is 17.3 Å². The van der Waals surface area contributed by atoms with Crippen molar-refractivity contribution in [3.05, 3.63) is 45.3 Å². The van der Waals surface area contributed by atoms with E-state index >= 15 is 0 Å². The molecule has 1 saturated carbocycles. The Labute approximate surface area is 223 Å². The molecule has 198 valence electrons. The lowest BCUT2D eigenvalue weighted by atomic mass is 10.1. The minimum Gasteiger partial charge on any atom is -0.400 e. The number of aliphatic hydroxyl groups excluding tert-OH is 1. The van der Waals surface area contributed by atoms with Gasteiger partial charge in [0.05, 0.1) is 10.0 Å². The Kier molecular flexibility index (Phi) is 11.2. The summed E-state index contributed by atoms with van der Waals surface area (Å²) in [5.74, 6) is 1.64. The van der Waals surface area contributed by atoms with E-state index in [0.717, 1.165) is 63.1 Å². The van der Waals surface area contributed by atoms with Gasteiger partial charge in [0, 0.05) is 56.6 Å². The van der Waals surface area contributed by atoms with Crippen molar-refractivity contribution in [2.24, 2.45) is 5.73 Å². The van der Waals surface area contributed by atoms with Crippen molar-refractivity contribution in [1.29, 1.82) is 0 Å². The Bertz CT molecular complexity index is 996. The second-order valence-corrected chi connectivity index (χ2v) is 10.0. The molecule has 1 aromatic carbocycles. The van der Waals surface area contributed by atoms with Crippen LogP contribution in [0.15, 0.2) is 18.2 Å². The highest BCUT2D eigenvalue weighted by Gasteiger charge is 2.31. The van der Waals surface area contributed by atoms with Crippen molar-refractivity contribution in [2.75, 3.05) is 38.7 Å². The summed E-state index contributed by atoms with van der Waals surface area (Å²) in [6, 6.07) is 5.48. The summed E-state index contributed by atoms with van der Waals surface area (Å²) in [5.41, 5.74) is 7.94. The summed E-state index contributed by atoms with van der Waals surface area (Å²) in [7, 11) is 1.00. The molecule has 0 unspecified atom stereocenters. The maximum Gasteiger partial charge on any atom is 0.272 e.